The lowest BCUT2D eigenvalue weighted by molar-refractivity contribution is 0.174. The quantitative estimate of drug-likeness (QED) is 0.709. The normalized spacial score (nSPS) is 14.7. The molecule has 0 saturated heterocycles. The van der Waals surface area contributed by atoms with Crippen LogP contribution in [0.3, 0.4) is 0 Å². The van der Waals surface area contributed by atoms with E-state index in [2.05, 4.69) is 36.2 Å². The molecule has 0 bridgehead atoms. The predicted octanol–water partition coefficient (Wildman–Crippen LogP) is 2.75. The molecule has 0 aromatic heterocycles. The van der Waals surface area contributed by atoms with Gasteiger partial charge in [0.15, 0.2) is 11.5 Å². The maximum absolute atomic E-state index is 5.46. The Hall–Kier alpha value is -0.910. The van der Waals surface area contributed by atoms with E-state index in [4.69, 9.17) is 9.47 Å². The molecular weight excluding hydrogens is 284 g/mol. The maximum atomic E-state index is 5.46. The molecule has 21 heavy (non-hydrogen) atoms. The van der Waals surface area contributed by atoms with Crippen molar-refractivity contribution in [1.82, 2.24) is 10.2 Å². The lowest BCUT2D eigenvalue weighted by Crippen LogP contribution is -2.26. The number of thioether (sulfide) groups is 1. The molecule has 0 radical (unpaired) electrons. The van der Waals surface area contributed by atoms with Gasteiger partial charge in [0.05, 0.1) is 0 Å². The van der Waals surface area contributed by atoms with Crippen LogP contribution in [0, 0.1) is 0 Å². The Morgan fingerprint density at radius 3 is 2.71 bits per heavy atom. The van der Waals surface area contributed by atoms with Crippen LogP contribution in [0.25, 0.3) is 0 Å². The summed E-state index contributed by atoms with van der Waals surface area (Å²) in [5.41, 5.74) is 1.26. The molecule has 1 aromatic carbocycles. The van der Waals surface area contributed by atoms with Gasteiger partial charge in [-0.1, -0.05) is 19.9 Å². The van der Waals surface area contributed by atoms with Crippen molar-refractivity contribution in [3.63, 3.8) is 0 Å². The van der Waals surface area contributed by atoms with Gasteiger partial charge in [0.1, 0.15) is 0 Å². The Morgan fingerprint density at radius 2 is 2.00 bits per heavy atom. The molecule has 1 atom stereocenters. The van der Waals surface area contributed by atoms with Gasteiger partial charge in [0.2, 0.25) is 6.79 Å². The van der Waals surface area contributed by atoms with Gasteiger partial charge >= 0.3 is 0 Å². The summed E-state index contributed by atoms with van der Waals surface area (Å²) in [6, 6.07) is 6.57. The fourth-order valence-electron chi connectivity index (χ4n) is 2.41. The lowest BCUT2D eigenvalue weighted by Gasteiger charge is -2.20. The summed E-state index contributed by atoms with van der Waals surface area (Å²) in [4.78, 5) is 2.46. The number of ether oxygens (including phenoxy) is 2. The van der Waals surface area contributed by atoms with E-state index in [1.165, 1.54) is 11.3 Å². The number of hydrogen-bond donors (Lipinski definition) is 1. The second kappa shape index (κ2) is 8.51. The zero-order chi connectivity index (χ0) is 15.1. The van der Waals surface area contributed by atoms with Crippen molar-refractivity contribution < 1.29 is 9.47 Å². The Balaban J connectivity index is 1.83. The van der Waals surface area contributed by atoms with Crippen LogP contribution in [0.4, 0.5) is 0 Å². The third-order valence-corrected chi connectivity index (χ3v) is 4.92. The van der Waals surface area contributed by atoms with Gasteiger partial charge in [0, 0.05) is 24.1 Å². The van der Waals surface area contributed by atoms with Crippen LogP contribution in [0.5, 0.6) is 11.5 Å². The van der Waals surface area contributed by atoms with E-state index in [-0.39, 0.29) is 0 Å². The SMILES string of the molecule is CCN(CC)CCSCC(NC)c1ccc2c(c1)OCO2. The third kappa shape index (κ3) is 4.53. The maximum Gasteiger partial charge on any atom is 0.231 e. The summed E-state index contributed by atoms with van der Waals surface area (Å²) in [6.07, 6.45) is 0. The molecule has 1 heterocycles. The summed E-state index contributed by atoms with van der Waals surface area (Å²) in [5, 5.41) is 3.39. The Labute approximate surface area is 132 Å². The molecule has 0 amide bonds. The van der Waals surface area contributed by atoms with E-state index in [9.17, 15) is 0 Å². The van der Waals surface area contributed by atoms with Gasteiger partial charge < -0.3 is 19.7 Å². The van der Waals surface area contributed by atoms with Crippen molar-refractivity contribution in [2.24, 2.45) is 0 Å². The van der Waals surface area contributed by atoms with Gasteiger partial charge in [-0.15, -0.1) is 0 Å². The molecule has 0 aliphatic carbocycles. The highest BCUT2D eigenvalue weighted by atomic mass is 32.2. The number of nitrogens with zero attached hydrogens (tertiary/aromatic N) is 1. The number of hydrogen-bond acceptors (Lipinski definition) is 5. The van der Waals surface area contributed by atoms with E-state index >= 15 is 0 Å². The van der Waals surface area contributed by atoms with Crippen LogP contribution in [0.1, 0.15) is 25.5 Å². The molecule has 1 unspecified atom stereocenters. The summed E-state index contributed by atoms with van der Waals surface area (Å²) >= 11 is 2.00. The summed E-state index contributed by atoms with van der Waals surface area (Å²) in [6.45, 7) is 8.20. The van der Waals surface area contributed by atoms with E-state index in [0.29, 0.717) is 12.8 Å². The Morgan fingerprint density at radius 1 is 1.24 bits per heavy atom. The first kappa shape index (κ1) is 16.5. The molecule has 0 spiro atoms. The van der Waals surface area contributed by atoms with Gasteiger partial charge in [-0.25, -0.2) is 0 Å². The molecule has 0 saturated carbocycles. The topological polar surface area (TPSA) is 33.7 Å². The molecule has 2 rings (SSSR count). The second-order valence-corrected chi connectivity index (χ2v) is 6.21. The Kier molecular flexibility index (Phi) is 6.67. The Bertz CT molecular complexity index is 438. The van der Waals surface area contributed by atoms with Gasteiger partial charge in [-0.05, 0) is 37.8 Å². The first-order valence-corrected chi connectivity index (χ1v) is 8.80. The average molecular weight is 310 g/mol. The van der Waals surface area contributed by atoms with Crippen LogP contribution in [-0.4, -0.2) is 49.9 Å². The monoisotopic (exact) mass is 310 g/mol. The van der Waals surface area contributed by atoms with E-state index < -0.39 is 0 Å². The van der Waals surface area contributed by atoms with E-state index in [1.54, 1.807) is 0 Å². The predicted molar refractivity (Wildman–Crippen MR) is 89.5 cm³/mol. The van der Waals surface area contributed by atoms with Crippen molar-refractivity contribution in [3.8, 4) is 11.5 Å². The average Bonchev–Trinajstić information content (AvgIpc) is 2.98. The minimum Gasteiger partial charge on any atom is -0.454 e. The molecule has 1 aromatic rings. The number of rotatable bonds is 9. The van der Waals surface area contributed by atoms with Crippen molar-refractivity contribution in [3.05, 3.63) is 23.8 Å². The molecule has 1 aliphatic rings. The smallest absolute Gasteiger partial charge is 0.231 e. The van der Waals surface area contributed by atoms with Crippen LogP contribution in [0.2, 0.25) is 0 Å². The molecule has 4 nitrogen and oxygen atoms in total. The van der Waals surface area contributed by atoms with Gasteiger partial charge in [-0.2, -0.15) is 11.8 Å². The van der Waals surface area contributed by atoms with Crippen LogP contribution in [0.15, 0.2) is 18.2 Å². The van der Waals surface area contributed by atoms with Crippen LogP contribution < -0.4 is 14.8 Å². The third-order valence-electron chi connectivity index (χ3n) is 3.88. The molecule has 1 aliphatic heterocycles. The number of nitrogens with one attached hydrogen (secondary N) is 1. The minimum absolute atomic E-state index is 0.335. The zero-order valence-corrected chi connectivity index (χ0v) is 14.0. The molecule has 118 valence electrons. The van der Waals surface area contributed by atoms with Crippen molar-refractivity contribution in [2.45, 2.75) is 19.9 Å². The highest BCUT2D eigenvalue weighted by molar-refractivity contribution is 7.99. The van der Waals surface area contributed by atoms with Crippen molar-refractivity contribution in [1.29, 1.82) is 0 Å². The second-order valence-electron chi connectivity index (χ2n) is 5.06. The summed E-state index contributed by atoms with van der Waals surface area (Å²) in [5.74, 6) is 3.95. The molecule has 1 N–H and O–H groups in total. The standard InChI is InChI=1S/C16H26N2O2S/c1-4-18(5-2)8-9-21-11-14(17-3)13-6-7-15-16(10-13)20-12-19-15/h6-7,10,14,17H,4-5,8-9,11-12H2,1-3H3. The fourth-order valence-corrected chi connectivity index (χ4v) is 3.56. The minimum atomic E-state index is 0.335. The largest absolute Gasteiger partial charge is 0.454 e. The number of benzene rings is 1. The summed E-state index contributed by atoms with van der Waals surface area (Å²) < 4.78 is 10.8. The highest BCUT2D eigenvalue weighted by Gasteiger charge is 2.17. The van der Waals surface area contributed by atoms with Crippen LogP contribution >= 0.6 is 11.8 Å². The van der Waals surface area contributed by atoms with Crippen molar-refractivity contribution in [2.75, 3.05) is 45.0 Å². The first-order valence-electron chi connectivity index (χ1n) is 7.65. The summed E-state index contributed by atoms with van der Waals surface area (Å²) in [7, 11) is 2.01. The zero-order valence-electron chi connectivity index (χ0n) is 13.2. The first-order chi connectivity index (χ1) is 10.3. The molecule has 0 fully saturated rings. The number of fused-ring (bicyclic) bond motifs is 1. The molecule has 5 heteroatoms. The van der Waals surface area contributed by atoms with E-state index in [1.807, 2.05) is 24.9 Å². The van der Waals surface area contributed by atoms with Gasteiger partial charge in [0.25, 0.3) is 0 Å². The van der Waals surface area contributed by atoms with Gasteiger partial charge in [-0.3, -0.25) is 0 Å². The van der Waals surface area contributed by atoms with Crippen LogP contribution in [-0.2, 0) is 0 Å². The molecular formula is C16H26N2O2S. The van der Waals surface area contributed by atoms with Crippen molar-refractivity contribution >= 4 is 11.8 Å². The lowest BCUT2D eigenvalue weighted by atomic mass is 10.1. The van der Waals surface area contributed by atoms with E-state index in [0.717, 1.165) is 36.9 Å². The fraction of sp³-hybridized carbons (Fsp3) is 0.625. The highest BCUT2D eigenvalue weighted by Crippen LogP contribution is 2.34.